The Bertz CT molecular complexity index is 390. The highest BCUT2D eigenvalue weighted by Gasteiger charge is 2.11. The minimum absolute atomic E-state index is 0.346. The maximum atomic E-state index is 9.96. The second-order valence-electron chi connectivity index (χ2n) is 6.53. The number of hydrogen-bond acceptors (Lipinski definition) is 3. The number of benzene rings is 1. The average molecular weight is 278 g/mol. The van der Waals surface area contributed by atoms with Gasteiger partial charge in [-0.2, -0.15) is 0 Å². The van der Waals surface area contributed by atoms with Crippen LogP contribution in [0.4, 0.5) is 5.69 Å². The molecule has 0 radical (unpaired) electrons. The molecule has 0 aliphatic rings. The maximum Gasteiger partial charge on any atom is 0.120 e. The summed E-state index contributed by atoms with van der Waals surface area (Å²) in [6, 6.07) is 5.31. The molecular formula is C17H30N2O. The van der Waals surface area contributed by atoms with Gasteiger partial charge in [0.25, 0.3) is 0 Å². The number of aromatic hydroxyl groups is 1. The van der Waals surface area contributed by atoms with Gasteiger partial charge in [0.15, 0.2) is 0 Å². The molecule has 0 aliphatic heterocycles. The summed E-state index contributed by atoms with van der Waals surface area (Å²) in [6.45, 7) is 11.9. The molecule has 0 spiro atoms. The number of nitrogens with two attached hydrogens (primary N) is 1. The van der Waals surface area contributed by atoms with Crippen molar-refractivity contribution in [2.45, 2.75) is 47.1 Å². The van der Waals surface area contributed by atoms with Crippen molar-refractivity contribution in [2.24, 2.45) is 11.8 Å². The van der Waals surface area contributed by atoms with Crippen LogP contribution in [0.15, 0.2) is 18.2 Å². The van der Waals surface area contributed by atoms with Crippen LogP contribution < -0.4 is 5.73 Å². The van der Waals surface area contributed by atoms with Crippen LogP contribution in [0.1, 0.15) is 46.1 Å². The van der Waals surface area contributed by atoms with Crippen LogP contribution in [0.3, 0.4) is 0 Å². The zero-order chi connectivity index (χ0) is 15.1. The van der Waals surface area contributed by atoms with Crippen molar-refractivity contribution >= 4 is 5.69 Å². The molecule has 0 aromatic heterocycles. The van der Waals surface area contributed by atoms with Crippen molar-refractivity contribution < 1.29 is 5.11 Å². The average Bonchev–Trinajstić information content (AvgIpc) is 2.36. The number of nitrogen functional groups attached to an aromatic ring is 1. The highest BCUT2D eigenvalue weighted by atomic mass is 16.3. The van der Waals surface area contributed by atoms with Crippen LogP contribution >= 0.6 is 0 Å². The molecule has 1 rings (SSSR count). The predicted molar refractivity (Wildman–Crippen MR) is 86.7 cm³/mol. The van der Waals surface area contributed by atoms with E-state index in [1.165, 1.54) is 12.8 Å². The summed E-state index contributed by atoms with van der Waals surface area (Å²) in [6.07, 6.45) is 2.36. The monoisotopic (exact) mass is 278 g/mol. The van der Waals surface area contributed by atoms with E-state index in [-0.39, 0.29) is 0 Å². The van der Waals surface area contributed by atoms with Gasteiger partial charge < -0.3 is 10.8 Å². The number of hydrogen-bond donors (Lipinski definition) is 2. The Morgan fingerprint density at radius 1 is 1.05 bits per heavy atom. The molecule has 3 N–H and O–H groups in total. The fraction of sp³-hybridized carbons (Fsp3) is 0.647. The van der Waals surface area contributed by atoms with Crippen molar-refractivity contribution in [2.75, 3.05) is 18.8 Å². The fourth-order valence-electron chi connectivity index (χ4n) is 2.12. The largest absolute Gasteiger partial charge is 0.508 e. The molecule has 20 heavy (non-hydrogen) atoms. The van der Waals surface area contributed by atoms with Crippen molar-refractivity contribution in [1.29, 1.82) is 0 Å². The molecular weight excluding hydrogens is 248 g/mol. The van der Waals surface area contributed by atoms with E-state index < -0.39 is 0 Å². The molecule has 0 saturated carbocycles. The van der Waals surface area contributed by atoms with Gasteiger partial charge in [-0.3, -0.25) is 4.90 Å². The van der Waals surface area contributed by atoms with E-state index in [1.807, 2.05) is 6.07 Å². The van der Waals surface area contributed by atoms with E-state index in [0.29, 0.717) is 23.3 Å². The normalized spacial score (nSPS) is 11.8. The molecule has 0 heterocycles. The Morgan fingerprint density at radius 2 is 1.60 bits per heavy atom. The first kappa shape index (κ1) is 16.8. The summed E-state index contributed by atoms with van der Waals surface area (Å²) in [4.78, 5) is 2.43. The predicted octanol–water partition coefficient (Wildman–Crippen LogP) is 3.87. The molecule has 1 aromatic rings. The lowest BCUT2D eigenvalue weighted by Gasteiger charge is -2.24. The quantitative estimate of drug-likeness (QED) is 0.560. The van der Waals surface area contributed by atoms with E-state index in [1.54, 1.807) is 12.1 Å². The van der Waals surface area contributed by atoms with Crippen LogP contribution in [0.5, 0.6) is 5.75 Å². The van der Waals surface area contributed by atoms with Crippen LogP contribution in [0.2, 0.25) is 0 Å². The smallest absolute Gasteiger partial charge is 0.120 e. The van der Waals surface area contributed by atoms with E-state index >= 15 is 0 Å². The van der Waals surface area contributed by atoms with Gasteiger partial charge in [0, 0.05) is 17.8 Å². The highest BCUT2D eigenvalue weighted by Crippen LogP contribution is 2.22. The van der Waals surface area contributed by atoms with Gasteiger partial charge in [-0.05, 0) is 56.0 Å². The lowest BCUT2D eigenvalue weighted by Crippen LogP contribution is -2.27. The molecule has 3 heteroatoms. The van der Waals surface area contributed by atoms with Gasteiger partial charge in [-0.25, -0.2) is 0 Å². The molecule has 114 valence electrons. The molecule has 0 amide bonds. The molecule has 0 unspecified atom stereocenters. The van der Waals surface area contributed by atoms with Gasteiger partial charge in [0.2, 0.25) is 0 Å². The first-order chi connectivity index (χ1) is 9.38. The molecule has 0 atom stereocenters. The lowest BCUT2D eigenvalue weighted by molar-refractivity contribution is 0.233. The molecule has 1 aromatic carbocycles. The number of anilines is 1. The SMILES string of the molecule is CC(C)CCN(CCC(C)C)Cc1cc(N)ccc1O. The van der Waals surface area contributed by atoms with Crippen LogP contribution in [0, 0.1) is 11.8 Å². The zero-order valence-electron chi connectivity index (χ0n) is 13.4. The molecule has 0 fully saturated rings. The number of rotatable bonds is 8. The van der Waals surface area contributed by atoms with Gasteiger partial charge in [0.1, 0.15) is 5.75 Å². The van der Waals surface area contributed by atoms with E-state index in [9.17, 15) is 5.11 Å². The minimum Gasteiger partial charge on any atom is -0.508 e. The Labute approximate surface area is 123 Å². The summed E-state index contributed by atoms with van der Waals surface area (Å²) in [5.41, 5.74) is 7.46. The van der Waals surface area contributed by atoms with E-state index in [2.05, 4.69) is 32.6 Å². The Morgan fingerprint density at radius 3 is 2.10 bits per heavy atom. The van der Waals surface area contributed by atoms with Gasteiger partial charge in [0.05, 0.1) is 0 Å². The number of phenols is 1. The second-order valence-corrected chi connectivity index (χ2v) is 6.53. The Hall–Kier alpha value is -1.22. The zero-order valence-corrected chi connectivity index (χ0v) is 13.4. The summed E-state index contributed by atoms with van der Waals surface area (Å²) in [7, 11) is 0. The number of phenolic OH excluding ortho intramolecular Hbond substituents is 1. The molecule has 3 nitrogen and oxygen atoms in total. The van der Waals surface area contributed by atoms with Gasteiger partial charge in [-0.15, -0.1) is 0 Å². The standard InChI is InChI=1S/C17H30N2O/c1-13(2)7-9-19(10-8-14(3)4)12-15-11-16(18)5-6-17(15)20/h5-6,11,13-14,20H,7-10,12,18H2,1-4H3. The maximum absolute atomic E-state index is 9.96. The first-order valence-electron chi connectivity index (χ1n) is 7.68. The van der Waals surface area contributed by atoms with Gasteiger partial charge in [-0.1, -0.05) is 27.7 Å². The lowest BCUT2D eigenvalue weighted by atomic mass is 10.1. The van der Waals surface area contributed by atoms with Crippen LogP contribution in [-0.2, 0) is 6.54 Å². The Balaban J connectivity index is 2.68. The van der Waals surface area contributed by atoms with Crippen molar-refractivity contribution in [3.05, 3.63) is 23.8 Å². The summed E-state index contributed by atoms with van der Waals surface area (Å²) in [5, 5.41) is 9.96. The minimum atomic E-state index is 0.346. The summed E-state index contributed by atoms with van der Waals surface area (Å²) in [5.74, 6) is 1.75. The van der Waals surface area contributed by atoms with Crippen molar-refractivity contribution in [1.82, 2.24) is 4.90 Å². The molecule has 0 bridgehead atoms. The second kappa shape index (κ2) is 8.15. The van der Waals surface area contributed by atoms with E-state index in [4.69, 9.17) is 5.73 Å². The third-order valence-electron chi connectivity index (χ3n) is 3.54. The number of nitrogens with zero attached hydrogens (tertiary/aromatic N) is 1. The fourth-order valence-corrected chi connectivity index (χ4v) is 2.12. The first-order valence-corrected chi connectivity index (χ1v) is 7.68. The van der Waals surface area contributed by atoms with Crippen LogP contribution in [0.25, 0.3) is 0 Å². The molecule has 0 aliphatic carbocycles. The third-order valence-corrected chi connectivity index (χ3v) is 3.54. The topological polar surface area (TPSA) is 49.5 Å². The van der Waals surface area contributed by atoms with E-state index in [0.717, 1.165) is 25.2 Å². The van der Waals surface area contributed by atoms with Crippen molar-refractivity contribution in [3.63, 3.8) is 0 Å². The van der Waals surface area contributed by atoms with Gasteiger partial charge >= 0.3 is 0 Å². The summed E-state index contributed by atoms with van der Waals surface area (Å²) >= 11 is 0. The molecule has 0 saturated heterocycles. The third kappa shape index (κ3) is 6.29. The highest BCUT2D eigenvalue weighted by molar-refractivity contribution is 5.47. The Kier molecular flexibility index (Phi) is 6.86. The summed E-state index contributed by atoms with van der Waals surface area (Å²) < 4.78 is 0. The van der Waals surface area contributed by atoms with Crippen LogP contribution in [-0.4, -0.2) is 23.1 Å². The van der Waals surface area contributed by atoms with Crippen molar-refractivity contribution in [3.8, 4) is 5.75 Å².